The van der Waals surface area contributed by atoms with Crippen LogP contribution in [0.1, 0.15) is 344 Å². The predicted molar refractivity (Wildman–Crippen MR) is 522 cm³/mol. The number of aryl methyl sites for hydroxylation is 2. The molecule has 2 aromatic heterocycles. The monoisotopic (exact) mass is 1870 g/mol. The maximum absolute atomic E-state index is 14.2. The molecule has 0 saturated heterocycles. The summed E-state index contributed by atoms with van der Waals surface area (Å²) in [6.45, 7) is 83.0. The maximum atomic E-state index is 14.2. The Balaban J connectivity index is 0. The summed E-state index contributed by atoms with van der Waals surface area (Å²) in [5.41, 5.74) is 6.80. The number of aliphatic hydroxyl groups is 2. The van der Waals surface area contributed by atoms with E-state index in [1.165, 1.54) is 33.5 Å². The van der Waals surface area contributed by atoms with E-state index in [1.807, 2.05) is 85.2 Å². The zero-order valence-electron chi connectivity index (χ0n) is 81.9. The average Bonchev–Trinajstić information content (AvgIpc) is 1.12. The van der Waals surface area contributed by atoms with Crippen molar-refractivity contribution < 1.29 is 78.8 Å². The second-order valence-electron chi connectivity index (χ2n) is 41.2. The number of nitrogens with zero attached hydrogens (tertiary/aromatic N) is 3. The average molecular weight is 1870 g/mol. The van der Waals surface area contributed by atoms with E-state index in [2.05, 4.69) is 240 Å². The molecule has 0 saturated carbocycles. The molecule has 2 N–H and O–H groups in total. The van der Waals surface area contributed by atoms with Gasteiger partial charge in [0.1, 0.15) is 23.8 Å². The summed E-state index contributed by atoms with van der Waals surface area (Å²) < 4.78 is 67.6. The molecule has 1 unspecified atom stereocenters. The number of benzene rings is 2. The number of carbonyl (C=O) groups excluding carboxylic acids is 4. The van der Waals surface area contributed by atoms with Crippen molar-refractivity contribution in [3.8, 4) is 0 Å². The fourth-order valence-corrected chi connectivity index (χ4v) is 19.0. The zero-order valence-corrected chi connectivity index (χ0v) is 87.6. The Hall–Kier alpha value is -4.90. The summed E-state index contributed by atoms with van der Waals surface area (Å²) in [6.07, 6.45) is 8.90. The second kappa shape index (κ2) is 52.1. The van der Waals surface area contributed by atoms with Gasteiger partial charge in [-0.15, -0.1) is 35.8 Å². The van der Waals surface area contributed by atoms with Crippen molar-refractivity contribution >= 4 is 85.1 Å². The Labute approximate surface area is 766 Å². The first-order chi connectivity index (χ1) is 55.0. The van der Waals surface area contributed by atoms with Gasteiger partial charge in [0.25, 0.3) is 0 Å². The number of rotatable bonds is 27. The molecule has 0 radical (unpaired) electrons. The number of carbonyl (C=O) groups is 4. The number of Topliss-reactive ketones (excluding diaryl/α,β-unsaturated/α-hetero) is 2. The molecule has 10 atom stereocenters. The van der Waals surface area contributed by atoms with Crippen LogP contribution in [0.5, 0.6) is 0 Å². The molecule has 0 amide bonds. The number of ketones is 2. The Morgan fingerprint density at radius 1 is 0.756 bits per heavy atom. The number of halogens is 3. The Bertz CT molecular complexity index is 4030. The van der Waals surface area contributed by atoms with Gasteiger partial charge in [-0.1, -0.05) is 162 Å². The topological polar surface area (TPSA) is 184 Å². The molecule has 21 heteroatoms. The molecule has 4 aromatic rings. The fraction of sp³-hybridized carbons (Fsp3) is 0.676. The van der Waals surface area contributed by atoms with Gasteiger partial charge in [-0.05, 0) is 185 Å². The van der Waals surface area contributed by atoms with Crippen molar-refractivity contribution in [2.75, 3.05) is 0 Å². The molecule has 0 aliphatic carbocycles. The van der Waals surface area contributed by atoms with Crippen LogP contribution in [0, 0.1) is 60.2 Å². The van der Waals surface area contributed by atoms with E-state index in [-0.39, 0.29) is 90.4 Å². The number of esters is 2. The summed E-state index contributed by atoms with van der Waals surface area (Å²) in [5.74, 6) is 1.61. The normalized spacial score (nSPS) is 19.3. The SMILES string of the molecule is C.C.C/C1=C/C[C@@H](/C(C)=C/c2csc(C)n2)OC(=O)C[C@H](O[Si](C)(C)C(C)(C)C)C(C)(C)C(=O)[C@H](C)[C@@H](C)[C@@H](C)CCC1.C=CC[C@H](OC(=O)C[C@H](O[Si](C)(C)C(C)(C)C)C(C)(C)C(=O)[C@H](C)[C@@H](C)C(C)CCCC(=C)C)/C(C)=C/c1csc(C)n1.CC(C)(C)O.CC(C)(O)C(F)(F)F.CC(C)c1cccc(C(C)C)c1[N]=[Mo]=[CH]C(C)(C)c1ccccc1. The van der Waals surface area contributed by atoms with Gasteiger partial charge in [0.2, 0.25) is 0 Å². The second-order valence-corrected chi connectivity index (χ2v) is 54.3. The zero-order chi connectivity index (χ0) is 93.9. The third-order valence-electron chi connectivity index (χ3n) is 24.5. The molecule has 3 heterocycles. The molecule has 123 heavy (non-hydrogen) atoms. The number of thiazole rings is 2. The van der Waals surface area contributed by atoms with E-state index in [4.69, 9.17) is 32.0 Å². The van der Waals surface area contributed by atoms with Crippen molar-refractivity contribution in [1.29, 1.82) is 0 Å². The summed E-state index contributed by atoms with van der Waals surface area (Å²) >= 11 is 2.64. The number of aromatic nitrogens is 2. The minimum atomic E-state index is -4.51. The molecule has 0 spiro atoms. The van der Waals surface area contributed by atoms with Crippen molar-refractivity contribution in [3.05, 3.63) is 145 Å². The van der Waals surface area contributed by atoms with Gasteiger partial charge < -0.3 is 28.5 Å². The summed E-state index contributed by atoms with van der Waals surface area (Å²) in [5, 5.41) is 22.6. The van der Waals surface area contributed by atoms with E-state index in [9.17, 15) is 32.3 Å². The van der Waals surface area contributed by atoms with Crippen LogP contribution in [0.2, 0.25) is 36.3 Å². The first kappa shape index (κ1) is 120. The third-order valence-corrected chi connectivity index (χ3v) is 37.4. The molecule has 702 valence electrons. The predicted octanol–water partition coefficient (Wildman–Crippen LogP) is 29.9. The fourth-order valence-electron chi connectivity index (χ4n) is 13.1. The van der Waals surface area contributed by atoms with Crippen LogP contribution < -0.4 is 0 Å². The van der Waals surface area contributed by atoms with Crippen molar-refractivity contribution in [3.63, 3.8) is 0 Å². The quantitative estimate of drug-likeness (QED) is 0.0328. The number of alkyl halides is 3. The number of hydrogen-bond acceptors (Lipinski definition) is 15. The molecular formula is C102H172F3MoN3O10S2Si2. The van der Waals surface area contributed by atoms with Crippen molar-refractivity contribution in [1.82, 2.24) is 9.97 Å². The summed E-state index contributed by atoms with van der Waals surface area (Å²) in [4.78, 5) is 64.8. The molecular weight excluding hydrogens is 1700 g/mol. The number of hydrogen-bond donors (Lipinski definition) is 2. The first-order valence-corrected chi connectivity index (χ1v) is 53.5. The molecule has 2 aromatic carbocycles. The number of cyclic esters (lactones) is 1. The Morgan fingerprint density at radius 3 is 1.68 bits per heavy atom. The van der Waals surface area contributed by atoms with Crippen LogP contribution in [-0.2, 0) is 60.8 Å². The number of ether oxygens (including phenoxy) is 2. The van der Waals surface area contributed by atoms with Gasteiger partial charge in [-0.25, -0.2) is 9.97 Å². The molecule has 0 bridgehead atoms. The standard InChI is InChI=1S/C36H61NO4SSi.C34H57NO4SSi.C12H17N.C10H12.C4H7F3O.C4H10O.2CH4.Mo/c1-16-18-31(26(5)21-30-23-42-29(8)37-30)40-33(38)22-32(41-43(14,15)35(9,10)11)36(12,13)34(39)28(7)27(6)25(4)20-17-19-24(2)3;1-22-15-14-16-23(2)25(4)26(5)32(37)34(10,11)30(39-41(12,13)33(7,8)9)20-31(36)38-29(18-17-22)24(3)19-28-21-40-27(6)35-28;1-8(2)10-6-5-7-11(9(3)4)12(10)13;1-10(2,3)9-7-5-4-6-8-9;1-3(2,8)4(5,6)7;1-4(2,3)5;;;/h16,21,23,25,27-28,31-32H,1-2,17-20,22H2,3-15H3;17,19,21,23,25-26,29-30H,14-16,18,20H2,1-13H3;5-9H,1-4H3;1,4-8H,2-3H3;8H,1-2H3;5H,1-3H3;2*1H4;/b26-21+;22-17-,24-19+;;;;;;;/t25?,27-,28+,31-,32-;23-,25-,26+,29-,30-;;;;;;;/m00......./s1. The van der Waals surface area contributed by atoms with E-state index in [0.717, 1.165) is 71.1 Å². The summed E-state index contributed by atoms with van der Waals surface area (Å²) in [6, 6.07) is 17.4. The van der Waals surface area contributed by atoms with Gasteiger partial charge in [-0.2, -0.15) is 13.2 Å². The molecule has 0 fully saturated rings. The first-order valence-electron chi connectivity index (χ1n) is 43.8. The van der Waals surface area contributed by atoms with Crippen LogP contribution in [0.3, 0.4) is 0 Å². The van der Waals surface area contributed by atoms with E-state index in [1.54, 1.807) is 49.5 Å². The van der Waals surface area contributed by atoms with Gasteiger partial charge in [0, 0.05) is 46.3 Å². The number of allylic oxidation sites excluding steroid dienone is 2. The molecule has 1 aliphatic heterocycles. The summed E-state index contributed by atoms with van der Waals surface area (Å²) in [7, 11) is -4.63. The van der Waals surface area contributed by atoms with Gasteiger partial charge in [-0.3, -0.25) is 19.2 Å². The Morgan fingerprint density at radius 2 is 1.24 bits per heavy atom. The molecule has 1 aliphatic rings. The third kappa shape index (κ3) is 41.6. The van der Waals surface area contributed by atoms with Crippen LogP contribution in [0.25, 0.3) is 12.2 Å². The Kier molecular flexibility index (Phi) is 50.9. The molecule has 13 nitrogen and oxygen atoms in total. The van der Waals surface area contributed by atoms with Gasteiger partial charge in [0.15, 0.2) is 22.2 Å². The van der Waals surface area contributed by atoms with Crippen molar-refractivity contribution in [2.24, 2.45) is 49.8 Å². The van der Waals surface area contributed by atoms with Crippen LogP contribution >= 0.6 is 22.7 Å². The molecule has 5 rings (SSSR count). The van der Waals surface area contributed by atoms with E-state index >= 15 is 0 Å². The van der Waals surface area contributed by atoms with Gasteiger partial charge >= 0.3 is 174 Å². The minimum absolute atomic E-state index is 0. The van der Waals surface area contributed by atoms with Gasteiger partial charge in [0.05, 0.1) is 52.1 Å². The van der Waals surface area contributed by atoms with Crippen molar-refractivity contribution in [2.45, 2.75) is 403 Å². The van der Waals surface area contributed by atoms with E-state index < -0.39 is 87.2 Å². The van der Waals surface area contributed by atoms with Crippen LogP contribution in [0.4, 0.5) is 18.9 Å². The van der Waals surface area contributed by atoms with Crippen LogP contribution in [0.15, 0.2) is 110 Å². The van der Waals surface area contributed by atoms with Crippen LogP contribution in [-0.4, -0.2) is 107 Å². The van der Waals surface area contributed by atoms with E-state index in [0.29, 0.717) is 50.4 Å².